The predicted octanol–water partition coefficient (Wildman–Crippen LogP) is 1.76. The van der Waals surface area contributed by atoms with E-state index in [1.54, 1.807) is 49.5 Å². The SMILES string of the molecule is Cc1ccc(S(=O)(=O)NCCCN2CCCC2C(=O)N(C)C)c2cccnc12. The van der Waals surface area contributed by atoms with Crippen LogP contribution in [0, 0.1) is 6.92 Å². The fraction of sp³-hybridized carbons (Fsp3) is 0.500. The molecular weight excluding hydrogens is 376 g/mol. The first-order valence-electron chi connectivity index (χ1n) is 9.60. The molecule has 2 heterocycles. The van der Waals surface area contributed by atoms with E-state index < -0.39 is 10.0 Å². The van der Waals surface area contributed by atoms with E-state index in [0.717, 1.165) is 24.9 Å². The summed E-state index contributed by atoms with van der Waals surface area (Å²) < 4.78 is 28.3. The third-order valence-corrected chi connectivity index (χ3v) is 6.74. The number of benzene rings is 1. The summed E-state index contributed by atoms with van der Waals surface area (Å²) in [6.07, 6.45) is 4.18. The molecule has 7 nitrogen and oxygen atoms in total. The Labute approximate surface area is 166 Å². The lowest BCUT2D eigenvalue weighted by Gasteiger charge is -2.26. The van der Waals surface area contributed by atoms with Crippen LogP contribution in [0.15, 0.2) is 35.4 Å². The second kappa shape index (κ2) is 8.55. The van der Waals surface area contributed by atoms with Crippen LogP contribution in [0.5, 0.6) is 0 Å². The van der Waals surface area contributed by atoms with E-state index in [2.05, 4.69) is 14.6 Å². The molecule has 0 radical (unpaired) electrons. The monoisotopic (exact) mass is 404 g/mol. The minimum Gasteiger partial charge on any atom is -0.347 e. The Morgan fingerprint density at radius 3 is 2.86 bits per heavy atom. The Morgan fingerprint density at radius 2 is 2.11 bits per heavy atom. The normalized spacial score (nSPS) is 17.9. The molecule has 152 valence electrons. The number of rotatable bonds is 7. The summed E-state index contributed by atoms with van der Waals surface area (Å²) in [5, 5.41) is 0.631. The number of fused-ring (bicyclic) bond motifs is 1. The number of nitrogens with one attached hydrogen (secondary N) is 1. The summed E-state index contributed by atoms with van der Waals surface area (Å²) in [4.78, 5) is 20.6. The van der Waals surface area contributed by atoms with Crippen LogP contribution in [0.2, 0.25) is 0 Å². The van der Waals surface area contributed by atoms with Crippen LogP contribution >= 0.6 is 0 Å². The summed E-state index contributed by atoms with van der Waals surface area (Å²) >= 11 is 0. The molecular formula is C20H28N4O3S. The molecule has 1 amide bonds. The maximum absolute atomic E-state index is 12.8. The number of pyridine rings is 1. The van der Waals surface area contributed by atoms with Gasteiger partial charge in [-0.15, -0.1) is 0 Å². The van der Waals surface area contributed by atoms with Crippen molar-refractivity contribution in [1.29, 1.82) is 0 Å². The predicted molar refractivity (Wildman–Crippen MR) is 110 cm³/mol. The van der Waals surface area contributed by atoms with Crippen LogP contribution in [-0.2, 0) is 14.8 Å². The summed E-state index contributed by atoms with van der Waals surface area (Å²) in [7, 11) is -0.0833. The van der Waals surface area contributed by atoms with Crippen molar-refractivity contribution in [3.63, 3.8) is 0 Å². The van der Waals surface area contributed by atoms with Gasteiger partial charge in [0.15, 0.2) is 0 Å². The van der Waals surface area contributed by atoms with Crippen LogP contribution in [0.25, 0.3) is 10.9 Å². The highest BCUT2D eigenvalue weighted by molar-refractivity contribution is 7.89. The topological polar surface area (TPSA) is 82.6 Å². The minimum absolute atomic E-state index is 0.0845. The van der Waals surface area contributed by atoms with Gasteiger partial charge in [-0.05, 0) is 56.5 Å². The average Bonchev–Trinajstić information content (AvgIpc) is 3.13. The van der Waals surface area contributed by atoms with Crippen molar-refractivity contribution in [3.05, 3.63) is 36.0 Å². The number of likely N-dealkylation sites (N-methyl/N-ethyl adjacent to an activating group) is 1. The van der Waals surface area contributed by atoms with Crippen molar-refractivity contribution in [2.24, 2.45) is 0 Å². The van der Waals surface area contributed by atoms with Crippen LogP contribution < -0.4 is 4.72 Å². The Balaban J connectivity index is 1.62. The third-order valence-electron chi connectivity index (χ3n) is 5.22. The molecule has 0 spiro atoms. The molecule has 1 aliphatic heterocycles. The minimum atomic E-state index is -3.63. The van der Waals surface area contributed by atoms with Crippen molar-refractivity contribution in [1.82, 2.24) is 19.5 Å². The van der Waals surface area contributed by atoms with Crippen molar-refractivity contribution < 1.29 is 13.2 Å². The number of carbonyl (C=O) groups excluding carboxylic acids is 1. The fourth-order valence-corrected chi connectivity index (χ4v) is 5.03. The number of carbonyl (C=O) groups is 1. The Kier molecular flexibility index (Phi) is 6.32. The molecule has 8 heteroatoms. The molecule has 0 bridgehead atoms. The molecule has 3 rings (SSSR count). The van der Waals surface area contributed by atoms with Gasteiger partial charge < -0.3 is 4.90 Å². The van der Waals surface area contributed by atoms with Crippen LogP contribution in [0.1, 0.15) is 24.8 Å². The summed E-state index contributed by atoms with van der Waals surface area (Å²) in [5.41, 5.74) is 1.65. The van der Waals surface area contributed by atoms with Gasteiger partial charge in [0.25, 0.3) is 0 Å². The molecule has 1 aromatic carbocycles. The standard InChI is InChI=1S/C20H28N4O3S/c1-15-9-10-18(16-7-4-11-21-19(15)16)28(26,27)22-12-6-14-24-13-5-8-17(24)20(25)23(2)3/h4,7,9-11,17,22H,5-6,8,12-14H2,1-3H3. The van der Waals surface area contributed by atoms with Crippen LogP contribution in [0.3, 0.4) is 0 Å². The molecule has 28 heavy (non-hydrogen) atoms. The zero-order valence-electron chi connectivity index (χ0n) is 16.7. The van der Waals surface area contributed by atoms with Gasteiger partial charge >= 0.3 is 0 Å². The van der Waals surface area contributed by atoms with E-state index >= 15 is 0 Å². The zero-order valence-corrected chi connectivity index (χ0v) is 17.5. The van der Waals surface area contributed by atoms with Crippen molar-refractivity contribution in [3.8, 4) is 0 Å². The van der Waals surface area contributed by atoms with Gasteiger partial charge in [-0.2, -0.15) is 0 Å². The first-order chi connectivity index (χ1) is 13.3. The summed E-state index contributed by atoms with van der Waals surface area (Å²) in [5.74, 6) is 0.122. The number of sulfonamides is 1. The smallest absolute Gasteiger partial charge is 0.241 e. The lowest BCUT2D eigenvalue weighted by atomic mass is 10.1. The van der Waals surface area contributed by atoms with E-state index in [1.165, 1.54) is 0 Å². The number of likely N-dealkylation sites (tertiary alicyclic amines) is 1. The second-order valence-electron chi connectivity index (χ2n) is 7.46. The molecule has 1 unspecified atom stereocenters. The highest BCUT2D eigenvalue weighted by atomic mass is 32.2. The van der Waals surface area contributed by atoms with Crippen LogP contribution in [0.4, 0.5) is 0 Å². The van der Waals surface area contributed by atoms with Gasteiger partial charge in [0, 0.05) is 38.8 Å². The second-order valence-corrected chi connectivity index (χ2v) is 9.19. The largest absolute Gasteiger partial charge is 0.347 e. The Morgan fingerprint density at radius 1 is 1.32 bits per heavy atom. The highest BCUT2D eigenvalue weighted by Gasteiger charge is 2.31. The van der Waals surface area contributed by atoms with Crippen molar-refractivity contribution in [2.75, 3.05) is 33.7 Å². The maximum Gasteiger partial charge on any atom is 0.241 e. The summed E-state index contributed by atoms with van der Waals surface area (Å²) in [6.45, 7) is 3.83. The van der Waals surface area contributed by atoms with E-state index in [4.69, 9.17) is 0 Å². The van der Waals surface area contributed by atoms with Gasteiger partial charge in [-0.25, -0.2) is 13.1 Å². The van der Waals surface area contributed by atoms with Crippen LogP contribution in [-0.4, -0.2) is 68.9 Å². The van der Waals surface area contributed by atoms with Gasteiger partial charge in [0.05, 0.1) is 16.5 Å². The first-order valence-corrected chi connectivity index (χ1v) is 11.1. The van der Waals surface area contributed by atoms with E-state index in [-0.39, 0.29) is 16.8 Å². The lowest BCUT2D eigenvalue weighted by molar-refractivity contribution is -0.133. The quantitative estimate of drug-likeness (QED) is 0.711. The van der Waals surface area contributed by atoms with Gasteiger partial charge in [-0.1, -0.05) is 6.07 Å². The van der Waals surface area contributed by atoms with Gasteiger partial charge in [0.1, 0.15) is 0 Å². The van der Waals surface area contributed by atoms with E-state index in [9.17, 15) is 13.2 Å². The third kappa shape index (κ3) is 4.34. The van der Waals surface area contributed by atoms with Gasteiger partial charge in [0.2, 0.25) is 15.9 Å². The van der Waals surface area contributed by atoms with E-state index in [0.29, 0.717) is 30.4 Å². The zero-order chi connectivity index (χ0) is 20.3. The summed E-state index contributed by atoms with van der Waals surface area (Å²) in [6, 6.07) is 6.86. The number of aromatic nitrogens is 1. The first kappa shape index (κ1) is 20.7. The molecule has 0 aliphatic carbocycles. The molecule has 2 aromatic rings. The van der Waals surface area contributed by atoms with E-state index in [1.807, 2.05) is 6.92 Å². The van der Waals surface area contributed by atoms with Crippen molar-refractivity contribution >= 4 is 26.8 Å². The molecule has 0 saturated carbocycles. The molecule has 1 saturated heterocycles. The molecule has 1 aromatic heterocycles. The van der Waals surface area contributed by atoms with Crippen molar-refractivity contribution in [2.45, 2.75) is 37.1 Å². The number of hydrogen-bond acceptors (Lipinski definition) is 5. The highest BCUT2D eigenvalue weighted by Crippen LogP contribution is 2.24. The maximum atomic E-state index is 12.8. The molecule has 1 N–H and O–H groups in total. The fourth-order valence-electron chi connectivity index (χ4n) is 3.76. The number of hydrogen-bond donors (Lipinski definition) is 1. The Bertz CT molecular complexity index is 959. The molecule has 1 aliphatic rings. The van der Waals surface area contributed by atoms with Gasteiger partial charge in [-0.3, -0.25) is 14.7 Å². The molecule has 1 fully saturated rings. The Hall–Kier alpha value is -2.03. The number of nitrogens with zero attached hydrogens (tertiary/aromatic N) is 3. The number of aryl methyl sites for hydroxylation is 1. The number of amides is 1. The molecule has 1 atom stereocenters. The lowest BCUT2D eigenvalue weighted by Crippen LogP contribution is -2.43. The average molecular weight is 405 g/mol.